The van der Waals surface area contributed by atoms with Crippen molar-refractivity contribution in [2.75, 3.05) is 50.2 Å². The van der Waals surface area contributed by atoms with Crippen molar-refractivity contribution in [3.05, 3.63) is 24.3 Å². The van der Waals surface area contributed by atoms with Crippen molar-refractivity contribution in [1.29, 1.82) is 0 Å². The van der Waals surface area contributed by atoms with Crippen LogP contribution in [0.15, 0.2) is 24.3 Å². The number of amides is 2. The van der Waals surface area contributed by atoms with Crippen LogP contribution in [0.5, 0.6) is 5.75 Å². The second-order valence-electron chi connectivity index (χ2n) is 10.4. The minimum Gasteiger partial charge on any atom is -0.406 e. The number of sulfone groups is 1. The fourth-order valence-corrected chi connectivity index (χ4v) is 5.52. The molecule has 11 nitrogen and oxygen atoms in total. The third-order valence-electron chi connectivity index (χ3n) is 6.91. The number of rotatable bonds is 13. The predicted molar refractivity (Wildman–Crippen MR) is 145 cm³/mol. The van der Waals surface area contributed by atoms with Crippen LogP contribution in [-0.4, -0.2) is 88.8 Å². The molecular formula is C26H39F3N4O7S. The summed E-state index contributed by atoms with van der Waals surface area (Å²) < 4.78 is 70.2. The first kappa shape index (κ1) is 32.7. The Hall–Kier alpha value is -2.78. The lowest BCUT2D eigenvalue weighted by Crippen LogP contribution is -2.53. The van der Waals surface area contributed by atoms with Crippen LogP contribution in [0.25, 0.3) is 0 Å². The third kappa shape index (κ3) is 13.2. The minimum atomic E-state index is -4.81. The van der Waals surface area contributed by atoms with Crippen molar-refractivity contribution >= 4 is 27.5 Å². The highest BCUT2D eigenvalue weighted by molar-refractivity contribution is 7.90. The quantitative estimate of drug-likeness (QED) is 0.309. The SMILES string of the molecule is CS(=O)(=O)CC[C@@H](CNc1ccc(OC(F)(F)F)cc1)NC(=O)[C@H](CC1CCCCC1)NC(=O)ON1CCOCC1. The van der Waals surface area contributed by atoms with Gasteiger partial charge in [-0.25, -0.2) is 13.2 Å². The van der Waals surface area contributed by atoms with E-state index in [-0.39, 0.29) is 30.4 Å². The first-order valence-corrected chi connectivity index (χ1v) is 15.8. The van der Waals surface area contributed by atoms with Crippen LogP contribution in [0.4, 0.5) is 23.7 Å². The van der Waals surface area contributed by atoms with Crippen LogP contribution in [0, 0.1) is 5.92 Å². The largest absolute Gasteiger partial charge is 0.573 e. The molecule has 232 valence electrons. The first-order chi connectivity index (χ1) is 19.4. The molecule has 1 aliphatic heterocycles. The van der Waals surface area contributed by atoms with Crippen LogP contribution in [0.1, 0.15) is 44.9 Å². The average molecular weight is 609 g/mol. The number of benzene rings is 1. The summed E-state index contributed by atoms with van der Waals surface area (Å²) in [5.74, 6) is -0.805. The topological polar surface area (TPSA) is 135 Å². The van der Waals surface area contributed by atoms with Crippen molar-refractivity contribution in [3.63, 3.8) is 0 Å². The van der Waals surface area contributed by atoms with Crippen molar-refractivity contribution in [1.82, 2.24) is 15.7 Å². The normalized spacial score (nSPS) is 18.6. The maximum Gasteiger partial charge on any atom is 0.573 e. The number of nitrogens with zero attached hydrogens (tertiary/aromatic N) is 1. The van der Waals surface area contributed by atoms with Gasteiger partial charge in [0.1, 0.15) is 21.6 Å². The van der Waals surface area contributed by atoms with Crippen molar-refractivity contribution in [2.24, 2.45) is 5.92 Å². The Kier molecular flexibility index (Phi) is 12.3. The number of carbonyl (C=O) groups is 2. The van der Waals surface area contributed by atoms with E-state index >= 15 is 0 Å². The van der Waals surface area contributed by atoms with E-state index in [1.165, 1.54) is 17.2 Å². The Morgan fingerprint density at radius 2 is 1.73 bits per heavy atom. The molecular weight excluding hydrogens is 569 g/mol. The second kappa shape index (κ2) is 15.4. The molecule has 41 heavy (non-hydrogen) atoms. The number of nitrogens with one attached hydrogen (secondary N) is 3. The number of ether oxygens (including phenoxy) is 2. The highest BCUT2D eigenvalue weighted by Gasteiger charge is 2.31. The number of carbonyl (C=O) groups excluding carboxylic acids is 2. The van der Waals surface area contributed by atoms with Crippen LogP contribution >= 0.6 is 0 Å². The molecule has 0 aromatic heterocycles. The van der Waals surface area contributed by atoms with E-state index in [0.717, 1.165) is 50.5 Å². The molecule has 15 heteroatoms. The standard InChI is InChI=1S/C26H39F3N4O7S/c1-41(36,37)16-11-21(18-30-20-7-9-22(10-8-20)39-26(27,28)29)31-24(34)23(17-19-5-3-2-4-6-19)32-25(35)40-33-12-14-38-15-13-33/h7-10,19,21,23,30H,2-6,11-18H2,1H3,(H,31,34)(H,32,35)/t21-,23-/m0/s1. The molecule has 3 rings (SSSR count). The van der Waals surface area contributed by atoms with E-state index in [1.807, 2.05) is 0 Å². The molecule has 2 atom stereocenters. The highest BCUT2D eigenvalue weighted by Crippen LogP contribution is 2.28. The van der Waals surface area contributed by atoms with Gasteiger partial charge in [0.15, 0.2) is 0 Å². The monoisotopic (exact) mass is 608 g/mol. The van der Waals surface area contributed by atoms with E-state index in [9.17, 15) is 31.2 Å². The van der Waals surface area contributed by atoms with E-state index in [2.05, 4.69) is 20.7 Å². The van der Waals surface area contributed by atoms with Crippen molar-refractivity contribution < 1.29 is 45.5 Å². The minimum absolute atomic E-state index is 0.0845. The molecule has 0 bridgehead atoms. The Labute approximate surface area is 238 Å². The highest BCUT2D eigenvalue weighted by atomic mass is 32.2. The van der Waals surface area contributed by atoms with E-state index in [1.54, 1.807) is 0 Å². The second-order valence-corrected chi connectivity index (χ2v) is 12.7. The van der Waals surface area contributed by atoms with Gasteiger partial charge < -0.3 is 30.3 Å². The fourth-order valence-electron chi connectivity index (χ4n) is 4.81. The van der Waals surface area contributed by atoms with Crippen LogP contribution < -0.4 is 20.7 Å². The third-order valence-corrected chi connectivity index (χ3v) is 7.89. The number of hydrogen-bond donors (Lipinski definition) is 3. The van der Waals surface area contributed by atoms with E-state index < -0.39 is 40.3 Å². The smallest absolute Gasteiger partial charge is 0.406 e. The Morgan fingerprint density at radius 1 is 1.07 bits per heavy atom. The lowest BCUT2D eigenvalue weighted by atomic mass is 9.84. The molecule has 1 aromatic rings. The summed E-state index contributed by atoms with van der Waals surface area (Å²) in [4.78, 5) is 31.5. The molecule has 0 radical (unpaired) electrons. The van der Waals surface area contributed by atoms with Gasteiger partial charge in [-0.1, -0.05) is 32.1 Å². The summed E-state index contributed by atoms with van der Waals surface area (Å²) in [5, 5.41) is 10.0. The summed E-state index contributed by atoms with van der Waals surface area (Å²) >= 11 is 0. The molecule has 2 fully saturated rings. The lowest BCUT2D eigenvalue weighted by Gasteiger charge is -2.29. The molecule has 1 aromatic carbocycles. The Morgan fingerprint density at radius 3 is 2.34 bits per heavy atom. The van der Waals surface area contributed by atoms with Gasteiger partial charge in [-0.2, -0.15) is 0 Å². The first-order valence-electron chi connectivity index (χ1n) is 13.8. The Bertz CT molecular complexity index is 1080. The molecule has 1 saturated heterocycles. The zero-order valence-electron chi connectivity index (χ0n) is 23.1. The van der Waals surface area contributed by atoms with Crippen LogP contribution in [0.2, 0.25) is 0 Å². The molecule has 1 aliphatic carbocycles. The molecule has 0 unspecified atom stereocenters. The Balaban J connectivity index is 1.65. The van der Waals surface area contributed by atoms with Crippen molar-refractivity contribution in [2.45, 2.75) is 63.4 Å². The molecule has 0 spiro atoms. The fraction of sp³-hybridized carbons (Fsp3) is 0.692. The van der Waals surface area contributed by atoms with Gasteiger partial charge in [-0.15, -0.1) is 18.2 Å². The zero-order valence-corrected chi connectivity index (χ0v) is 23.9. The van der Waals surface area contributed by atoms with Gasteiger partial charge >= 0.3 is 12.5 Å². The predicted octanol–water partition coefficient (Wildman–Crippen LogP) is 3.23. The maximum atomic E-state index is 13.5. The van der Waals surface area contributed by atoms with E-state index in [4.69, 9.17) is 9.57 Å². The van der Waals surface area contributed by atoms with Gasteiger partial charge in [0.05, 0.1) is 32.1 Å². The number of halogens is 3. The number of alkyl halides is 3. The van der Waals surface area contributed by atoms with E-state index in [0.29, 0.717) is 38.4 Å². The number of morpholine rings is 1. The van der Waals surface area contributed by atoms with Gasteiger partial charge in [0, 0.05) is 24.5 Å². The molecule has 2 aliphatic rings. The zero-order chi connectivity index (χ0) is 29.9. The number of anilines is 1. The number of hydrogen-bond acceptors (Lipinski definition) is 9. The molecule has 1 saturated carbocycles. The summed E-state index contributed by atoms with van der Waals surface area (Å²) in [6.45, 7) is 1.76. The molecule has 1 heterocycles. The van der Waals surface area contributed by atoms with Gasteiger partial charge in [0.25, 0.3) is 0 Å². The summed E-state index contributed by atoms with van der Waals surface area (Å²) in [6.07, 6.45) is 1.13. The molecule has 3 N–H and O–H groups in total. The molecule has 2 amide bonds. The van der Waals surface area contributed by atoms with Crippen molar-refractivity contribution in [3.8, 4) is 5.75 Å². The van der Waals surface area contributed by atoms with Crippen LogP contribution in [-0.2, 0) is 24.2 Å². The van der Waals surface area contributed by atoms with Gasteiger partial charge in [-0.05, 0) is 43.0 Å². The summed E-state index contributed by atoms with van der Waals surface area (Å²) in [7, 11) is -3.35. The average Bonchev–Trinajstić information content (AvgIpc) is 2.90. The lowest BCUT2D eigenvalue weighted by molar-refractivity contribution is -0.274. The maximum absolute atomic E-state index is 13.5. The number of hydroxylamine groups is 2. The van der Waals surface area contributed by atoms with Gasteiger partial charge in [-0.3, -0.25) is 4.79 Å². The summed E-state index contributed by atoms with van der Waals surface area (Å²) in [5.41, 5.74) is 0.448. The van der Waals surface area contributed by atoms with Gasteiger partial charge in [0.2, 0.25) is 5.91 Å². The summed E-state index contributed by atoms with van der Waals surface area (Å²) in [6, 6.07) is 3.49. The van der Waals surface area contributed by atoms with Crippen LogP contribution in [0.3, 0.4) is 0 Å².